The molecule has 0 radical (unpaired) electrons. The van der Waals surface area contributed by atoms with E-state index in [1.54, 1.807) is 0 Å². The standard InChI is InChI=1S/C15H18FNO2/c16-15-7-1-4-12(15)11-6-5-10(3-2-8-18)9-13(11)17-14(15)19/h5-6,9,12,18H,1-4,7-8H2,(H,17,19). The SMILES string of the molecule is O=C1Nc2cc(CCCO)ccc2C2CCCC12F. The average Bonchev–Trinajstić information content (AvgIpc) is 2.80. The van der Waals surface area contributed by atoms with Gasteiger partial charge < -0.3 is 10.4 Å². The summed E-state index contributed by atoms with van der Waals surface area (Å²) < 4.78 is 14.7. The van der Waals surface area contributed by atoms with Crippen molar-refractivity contribution < 1.29 is 14.3 Å². The molecule has 1 fully saturated rings. The number of halogens is 1. The second-order valence-corrected chi connectivity index (χ2v) is 5.51. The number of hydrogen-bond acceptors (Lipinski definition) is 2. The summed E-state index contributed by atoms with van der Waals surface area (Å²) >= 11 is 0. The quantitative estimate of drug-likeness (QED) is 0.880. The monoisotopic (exact) mass is 263 g/mol. The molecule has 0 spiro atoms. The Balaban J connectivity index is 1.95. The molecule has 1 aromatic carbocycles. The summed E-state index contributed by atoms with van der Waals surface area (Å²) in [4.78, 5) is 12.0. The first-order valence-corrected chi connectivity index (χ1v) is 6.89. The van der Waals surface area contributed by atoms with Crippen LogP contribution in [-0.4, -0.2) is 23.3 Å². The van der Waals surface area contributed by atoms with E-state index in [4.69, 9.17) is 5.11 Å². The van der Waals surface area contributed by atoms with E-state index in [0.29, 0.717) is 12.8 Å². The average molecular weight is 263 g/mol. The molecular weight excluding hydrogens is 245 g/mol. The van der Waals surface area contributed by atoms with Crippen molar-refractivity contribution in [2.45, 2.75) is 43.7 Å². The van der Waals surface area contributed by atoms with Gasteiger partial charge >= 0.3 is 0 Å². The number of aryl methyl sites for hydroxylation is 1. The Bertz CT molecular complexity index is 517. The number of carbonyl (C=O) groups excluding carboxylic acids is 1. The van der Waals surface area contributed by atoms with E-state index in [1.165, 1.54) is 0 Å². The molecule has 1 aliphatic heterocycles. The second-order valence-electron chi connectivity index (χ2n) is 5.51. The van der Waals surface area contributed by atoms with Crippen LogP contribution in [-0.2, 0) is 11.2 Å². The third kappa shape index (κ3) is 1.94. The fourth-order valence-corrected chi connectivity index (χ4v) is 3.32. The zero-order valence-electron chi connectivity index (χ0n) is 10.8. The molecule has 0 aromatic heterocycles. The number of aliphatic hydroxyl groups is 1. The van der Waals surface area contributed by atoms with Gasteiger partial charge in [0, 0.05) is 18.2 Å². The number of fused-ring (bicyclic) bond motifs is 3. The van der Waals surface area contributed by atoms with Gasteiger partial charge in [-0.15, -0.1) is 0 Å². The molecule has 19 heavy (non-hydrogen) atoms. The Morgan fingerprint density at radius 1 is 1.47 bits per heavy atom. The van der Waals surface area contributed by atoms with Gasteiger partial charge in [0.2, 0.25) is 0 Å². The van der Waals surface area contributed by atoms with E-state index in [-0.39, 0.29) is 12.5 Å². The second kappa shape index (κ2) is 4.60. The van der Waals surface area contributed by atoms with Crippen LogP contribution in [0.25, 0.3) is 0 Å². The van der Waals surface area contributed by atoms with Crippen molar-refractivity contribution in [3.8, 4) is 0 Å². The molecule has 1 saturated carbocycles. The number of nitrogens with one attached hydrogen (secondary N) is 1. The number of aliphatic hydroxyl groups excluding tert-OH is 1. The van der Waals surface area contributed by atoms with Gasteiger partial charge in [-0.25, -0.2) is 4.39 Å². The van der Waals surface area contributed by atoms with Gasteiger partial charge in [0.1, 0.15) is 0 Å². The van der Waals surface area contributed by atoms with Crippen LogP contribution in [0.2, 0.25) is 0 Å². The third-order valence-electron chi connectivity index (χ3n) is 4.33. The highest BCUT2D eigenvalue weighted by Gasteiger charge is 2.53. The van der Waals surface area contributed by atoms with E-state index >= 15 is 0 Å². The summed E-state index contributed by atoms with van der Waals surface area (Å²) in [5.41, 5.74) is 1.03. The Morgan fingerprint density at radius 2 is 2.32 bits per heavy atom. The zero-order valence-corrected chi connectivity index (χ0v) is 10.8. The molecule has 1 amide bonds. The molecule has 0 bridgehead atoms. The molecule has 2 atom stereocenters. The maximum absolute atomic E-state index is 14.7. The lowest BCUT2D eigenvalue weighted by Gasteiger charge is -2.33. The van der Waals surface area contributed by atoms with Crippen LogP contribution >= 0.6 is 0 Å². The van der Waals surface area contributed by atoms with Crippen LogP contribution in [0.3, 0.4) is 0 Å². The molecule has 2 N–H and O–H groups in total. The van der Waals surface area contributed by atoms with Crippen LogP contribution in [0.15, 0.2) is 18.2 Å². The topological polar surface area (TPSA) is 49.3 Å². The van der Waals surface area contributed by atoms with Crippen LogP contribution in [0.4, 0.5) is 10.1 Å². The minimum absolute atomic E-state index is 0.152. The predicted molar refractivity (Wildman–Crippen MR) is 70.9 cm³/mol. The first-order valence-electron chi connectivity index (χ1n) is 6.89. The molecule has 102 valence electrons. The van der Waals surface area contributed by atoms with Crippen molar-refractivity contribution in [1.29, 1.82) is 0 Å². The smallest absolute Gasteiger partial charge is 0.262 e. The van der Waals surface area contributed by atoms with E-state index in [0.717, 1.165) is 36.1 Å². The van der Waals surface area contributed by atoms with Crippen molar-refractivity contribution in [3.63, 3.8) is 0 Å². The predicted octanol–water partition coefficient (Wildman–Crippen LogP) is 2.54. The summed E-state index contributed by atoms with van der Waals surface area (Å²) in [7, 11) is 0. The summed E-state index contributed by atoms with van der Waals surface area (Å²) in [6.07, 6.45) is 3.30. The normalized spacial score (nSPS) is 28.7. The fourth-order valence-electron chi connectivity index (χ4n) is 3.32. The van der Waals surface area contributed by atoms with Gasteiger partial charge in [-0.2, -0.15) is 0 Å². The van der Waals surface area contributed by atoms with Gasteiger partial charge in [0.25, 0.3) is 5.91 Å². The lowest BCUT2D eigenvalue weighted by Crippen LogP contribution is -2.44. The van der Waals surface area contributed by atoms with Gasteiger partial charge in [-0.1, -0.05) is 12.1 Å². The lowest BCUT2D eigenvalue weighted by molar-refractivity contribution is -0.128. The van der Waals surface area contributed by atoms with E-state index in [1.807, 2.05) is 18.2 Å². The largest absolute Gasteiger partial charge is 0.396 e. The third-order valence-corrected chi connectivity index (χ3v) is 4.33. The number of anilines is 1. The van der Waals surface area contributed by atoms with Crippen molar-refractivity contribution in [2.75, 3.05) is 11.9 Å². The van der Waals surface area contributed by atoms with Crippen molar-refractivity contribution in [3.05, 3.63) is 29.3 Å². The maximum Gasteiger partial charge on any atom is 0.262 e. The lowest BCUT2D eigenvalue weighted by atomic mass is 9.81. The maximum atomic E-state index is 14.7. The molecule has 3 nitrogen and oxygen atoms in total. The van der Waals surface area contributed by atoms with E-state index in [2.05, 4.69) is 5.32 Å². The minimum atomic E-state index is -1.71. The number of alkyl halides is 1. The Kier molecular flexibility index (Phi) is 3.05. The first kappa shape index (κ1) is 12.6. The molecular formula is C15H18FNO2. The number of carbonyl (C=O) groups is 1. The van der Waals surface area contributed by atoms with E-state index in [9.17, 15) is 9.18 Å². The minimum Gasteiger partial charge on any atom is -0.396 e. The van der Waals surface area contributed by atoms with Crippen LogP contribution in [0.1, 0.15) is 42.7 Å². The molecule has 3 rings (SSSR count). The highest BCUT2D eigenvalue weighted by Crippen LogP contribution is 2.51. The van der Waals surface area contributed by atoms with Crippen LogP contribution in [0.5, 0.6) is 0 Å². The van der Waals surface area contributed by atoms with Crippen molar-refractivity contribution in [1.82, 2.24) is 0 Å². The summed E-state index contributed by atoms with van der Waals surface area (Å²) in [5, 5.41) is 11.6. The first-order chi connectivity index (χ1) is 9.15. The molecule has 2 unspecified atom stereocenters. The van der Waals surface area contributed by atoms with Gasteiger partial charge in [-0.05, 0) is 49.3 Å². The number of amides is 1. The Hall–Kier alpha value is -1.42. The molecule has 4 heteroatoms. The Morgan fingerprint density at radius 3 is 3.11 bits per heavy atom. The molecule has 1 aliphatic carbocycles. The van der Waals surface area contributed by atoms with Crippen LogP contribution in [0, 0.1) is 0 Å². The van der Waals surface area contributed by atoms with Crippen molar-refractivity contribution >= 4 is 11.6 Å². The molecule has 1 heterocycles. The summed E-state index contributed by atoms with van der Waals surface area (Å²) in [5.74, 6) is -0.773. The number of hydrogen-bond donors (Lipinski definition) is 2. The van der Waals surface area contributed by atoms with Crippen molar-refractivity contribution in [2.24, 2.45) is 0 Å². The number of rotatable bonds is 3. The van der Waals surface area contributed by atoms with Gasteiger partial charge in [-0.3, -0.25) is 4.79 Å². The van der Waals surface area contributed by atoms with Gasteiger partial charge in [0.05, 0.1) is 0 Å². The summed E-state index contributed by atoms with van der Waals surface area (Å²) in [6.45, 7) is 0.152. The Labute approximate surface area is 111 Å². The fraction of sp³-hybridized carbons (Fsp3) is 0.533. The number of benzene rings is 1. The van der Waals surface area contributed by atoms with Crippen LogP contribution < -0.4 is 5.32 Å². The highest BCUT2D eigenvalue weighted by molar-refractivity contribution is 6.01. The summed E-state index contributed by atoms with van der Waals surface area (Å²) in [6, 6.07) is 5.83. The van der Waals surface area contributed by atoms with Gasteiger partial charge in [0.15, 0.2) is 5.67 Å². The molecule has 1 aromatic rings. The van der Waals surface area contributed by atoms with E-state index < -0.39 is 11.6 Å². The molecule has 0 saturated heterocycles. The molecule has 2 aliphatic rings. The zero-order chi connectivity index (χ0) is 13.5. The highest BCUT2D eigenvalue weighted by atomic mass is 19.1.